The van der Waals surface area contributed by atoms with E-state index in [1.165, 1.54) is 61.9 Å². The minimum absolute atomic E-state index is 0.273. The Labute approximate surface area is 175 Å². The highest BCUT2D eigenvalue weighted by molar-refractivity contribution is 9.10. The van der Waals surface area contributed by atoms with Gasteiger partial charge in [0.25, 0.3) is 0 Å². The minimum atomic E-state index is 0.273. The maximum atomic E-state index is 6.03. The van der Waals surface area contributed by atoms with Crippen LogP contribution >= 0.6 is 28.1 Å². The van der Waals surface area contributed by atoms with E-state index in [9.17, 15) is 0 Å². The van der Waals surface area contributed by atoms with Gasteiger partial charge in [0.1, 0.15) is 5.75 Å². The summed E-state index contributed by atoms with van der Waals surface area (Å²) in [6.07, 6.45) is 6.58. The number of rotatable bonds is 2. The molecule has 4 heteroatoms. The maximum absolute atomic E-state index is 6.03. The Morgan fingerprint density at radius 2 is 1.78 bits per heavy atom. The molecule has 0 N–H and O–H groups in total. The molecule has 3 heterocycles. The molecule has 3 atom stereocenters. The van der Waals surface area contributed by atoms with Crippen LogP contribution in [0.1, 0.15) is 43.6 Å². The third-order valence-corrected chi connectivity index (χ3v) is 7.44. The molecule has 3 unspecified atom stereocenters. The molecular weight excluding hydrogens is 418 g/mol. The molecule has 2 saturated heterocycles. The van der Waals surface area contributed by atoms with Crippen molar-refractivity contribution in [2.24, 2.45) is 5.92 Å². The van der Waals surface area contributed by atoms with E-state index in [2.05, 4.69) is 63.3 Å². The van der Waals surface area contributed by atoms with Gasteiger partial charge in [0.05, 0.1) is 5.92 Å². The van der Waals surface area contributed by atoms with Gasteiger partial charge in [0, 0.05) is 16.1 Å². The van der Waals surface area contributed by atoms with Gasteiger partial charge in [-0.15, -0.1) is 0 Å². The van der Waals surface area contributed by atoms with Gasteiger partial charge in [0.2, 0.25) is 0 Å². The molecule has 0 bridgehead atoms. The Morgan fingerprint density at radius 3 is 2.63 bits per heavy atom. The lowest BCUT2D eigenvalue weighted by atomic mass is 9.76. The summed E-state index contributed by atoms with van der Waals surface area (Å²) >= 11 is 9.23. The van der Waals surface area contributed by atoms with E-state index < -0.39 is 0 Å². The lowest BCUT2D eigenvalue weighted by Gasteiger charge is -2.43. The number of thiocarbonyl (C=S) groups is 1. The Balaban J connectivity index is 1.44. The topological polar surface area (TPSA) is 12.5 Å². The van der Waals surface area contributed by atoms with Crippen LogP contribution in [0, 0.1) is 5.92 Å². The third-order valence-electron chi connectivity index (χ3n) is 6.57. The van der Waals surface area contributed by atoms with Gasteiger partial charge in [-0.3, -0.25) is 0 Å². The summed E-state index contributed by atoms with van der Waals surface area (Å²) in [5, 5.41) is 0.784. The predicted molar refractivity (Wildman–Crippen MR) is 117 cm³/mol. The van der Waals surface area contributed by atoms with Gasteiger partial charge in [-0.05, 0) is 92.3 Å². The number of hydrogen-bond donors (Lipinski definition) is 0. The molecule has 140 valence electrons. The van der Waals surface area contributed by atoms with Crippen molar-refractivity contribution in [2.45, 2.75) is 44.1 Å². The zero-order valence-electron chi connectivity index (χ0n) is 15.4. The Hall–Kier alpha value is -1.23. The first-order valence-electron chi connectivity index (χ1n) is 10.0. The van der Waals surface area contributed by atoms with Gasteiger partial charge < -0.3 is 9.64 Å². The Kier molecular flexibility index (Phi) is 4.83. The maximum Gasteiger partial charge on any atom is 0.175 e. The van der Waals surface area contributed by atoms with Gasteiger partial charge in [-0.2, -0.15) is 0 Å². The summed E-state index contributed by atoms with van der Waals surface area (Å²) in [6.45, 7) is 2.50. The van der Waals surface area contributed by atoms with Crippen molar-refractivity contribution >= 4 is 33.2 Å². The first-order chi connectivity index (χ1) is 13.2. The molecule has 5 rings (SSSR count). The summed E-state index contributed by atoms with van der Waals surface area (Å²) in [5.41, 5.74) is 3.78. The van der Waals surface area contributed by atoms with Crippen molar-refractivity contribution in [1.29, 1.82) is 0 Å². The number of benzene rings is 2. The van der Waals surface area contributed by atoms with Gasteiger partial charge >= 0.3 is 0 Å². The molecule has 2 nitrogen and oxygen atoms in total. The average Bonchev–Trinajstić information content (AvgIpc) is 3.03. The molecule has 0 radical (unpaired) electrons. The number of fused-ring (bicyclic) bond motifs is 2. The van der Waals surface area contributed by atoms with Crippen LogP contribution < -0.4 is 4.74 Å². The molecule has 27 heavy (non-hydrogen) atoms. The van der Waals surface area contributed by atoms with Crippen LogP contribution in [0.25, 0.3) is 11.1 Å². The van der Waals surface area contributed by atoms with Crippen molar-refractivity contribution in [2.75, 3.05) is 13.1 Å². The molecular formula is C23H24BrNOS. The van der Waals surface area contributed by atoms with Crippen LogP contribution in [-0.2, 0) is 0 Å². The fourth-order valence-electron chi connectivity index (χ4n) is 5.17. The second kappa shape index (κ2) is 7.31. The highest BCUT2D eigenvalue weighted by Gasteiger charge is 2.41. The summed E-state index contributed by atoms with van der Waals surface area (Å²) in [6, 6.07) is 15.8. The number of hydrogen-bond acceptors (Lipinski definition) is 3. The largest absolute Gasteiger partial charge is 0.449 e. The van der Waals surface area contributed by atoms with Gasteiger partial charge in [-0.25, -0.2) is 0 Å². The summed E-state index contributed by atoms with van der Waals surface area (Å²) in [7, 11) is 0. The second-order valence-corrected chi connectivity index (χ2v) is 9.45. The van der Waals surface area contributed by atoms with E-state index >= 15 is 0 Å². The summed E-state index contributed by atoms with van der Waals surface area (Å²) < 4.78 is 7.13. The van der Waals surface area contributed by atoms with E-state index in [-0.39, 0.29) is 5.92 Å². The number of nitrogens with zero attached hydrogens (tertiary/aromatic N) is 1. The van der Waals surface area contributed by atoms with Crippen LogP contribution in [0.3, 0.4) is 0 Å². The molecule has 0 spiro atoms. The van der Waals surface area contributed by atoms with E-state index in [0.717, 1.165) is 21.3 Å². The van der Waals surface area contributed by atoms with E-state index in [4.69, 9.17) is 17.0 Å². The smallest absolute Gasteiger partial charge is 0.175 e. The summed E-state index contributed by atoms with van der Waals surface area (Å²) in [4.78, 5) is 2.71. The fourth-order valence-corrected chi connectivity index (χ4v) is 5.85. The zero-order chi connectivity index (χ0) is 18.4. The SMILES string of the molecule is S=C1Oc2ccc(-c3ccc(Br)cc3)cc2C1C1CCN2CCCCC2C1. The van der Waals surface area contributed by atoms with Crippen LogP contribution in [0.4, 0.5) is 0 Å². The Morgan fingerprint density at radius 1 is 0.963 bits per heavy atom. The quantitative estimate of drug-likeness (QED) is 0.515. The molecule has 3 aliphatic rings. The van der Waals surface area contributed by atoms with E-state index in [0.29, 0.717) is 5.92 Å². The fraction of sp³-hybridized carbons (Fsp3) is 0.435. The van der Waals surface area contributed by atoms with Crippen molar-refractivity contribution in [3.8, 4) is 16.9 Å². The average molecular weight is 442 g/mol. The Bertz CT molecular complexity index is 865. The highest BCUT2D eigenvalue weighted by Crippen LogP contribution is 2.46. The van der Waals surface area contributed by atoms with Crippen molar-refractivity contribution < 1.29 is 4.74 Å². The summed E-state index contributed by atoms with van der Waals surface area (Å²) in [5.74, 6) is 1.85. The number of halogens is 1. The van der Waals surface area contributed by atoms with Crippen molar-refractivity contribution in [3.63, 3.8) is 0 Å². The lowest BCUT2D eigenvalue weighted by Crippen LogP contribution is -2.46. The molecule has 2 aromatic carbocycles. The molecule has 0 aromatic heterocycles. The van der Waals surface area contributed by atoms with Gasteiger partial charge in [-0.1, -0.05) is 40.5 Å². The minimum Gasteiger partial charge on any atom is -0.449 e. The second-order valence-electron chi connectivity index (χ2n) is 8.13. The van der Waals surface area contributed by atoms with Crippen LogP contribution in [0.2, 0.25) is 0 Å². The normalized spacial score (nSPS) is 27.7. The van der Waals surface area contributed by atoms with Crippen LogP contribution in [0.15, 0.2) is 46.9 Å². The van der Waals surface area contributed by atoms with E-state index in [1.54, 1.807) is 0 Å². The zero-order valence-corrected chi connectivity index (χ0v) is 17.8. The molecule has 3 aliphatic heterocycles. The molecule has 0 amide bonds. The standard InChI is InChI=1S/C23H24BrNOS/c24-18-7-4-15(5-8-18)16-6-9-21-20(14-16)22(23(27)26-21)17-10-12-25-11-2-1-3-19(25)13-17/h4-9,14,17,19,22H,1-3,10-13H2. The molecule has 2 aromatic rings. The first kappa shape index (κ1) is 17.8. The van der Waals surface area contributed by atoms with Crippen LogP contribution in [-0.4, -0.2) is 29.1 Å². The van der Waals surface area contributed by atoms with Crippen molar-refractivity contribution in [3.05, 3.63) is 52.5 Å². The van der Waals surface area contributed by atoms with E-state index in [1.807, 2.05) is 0 Å². The first-order valence-corrected chi connectivity index (χ1v) is 11.2. The predicted octanol–water partition coefficient (Wildman–Crippen LogP) is 6.18. The monoisotopic (exact) mass is 441 g/mol. The molecule has 0 saturated carbocycles. The highest BCUT2D eigenvalue weighted by atomic mass is 79.9. The molecule has 2 fully saturated rings. The van der Waals surface area contributed by atoms with Gasteiger partial charge in [0.15, 0.2) is 5.05 Å². The number of piperidine rings is 2. The lowest BCUT2D eigenvalue weighted by molar-refractivity contribution is 0.0762. The van der Waals surface area contributed by atoms with Crippen LogP contribution in [0.5, 0.6) is 5.75 Å². The van der Waals surface area contributed by atoms with Crippen molar-refractivity contribution in [1.82, 2.24) is 4.90 Å². The third kappa shape index (κ3) is 3.37. The number of ether oxygens (including phenoxy) is 1. The molecule has 0 aliphatic carbocycles.